The summed E-state index contributed by atoms with van der Waals surface area (Å²) in [5.74, 6) is -1.37. The largest absolute Gasteiger partial charge is 0.477 e. The Labute approximate surface area is 120 Å². The summed E-state index contributed by atoms with van der Waals surface area (Å²) in [6.07, 6.45) is 0. The number of pyridine rings is 1. The molecule has 0 atom stereocenters. The van der Waals surface area contributed by atoms with Crippen LogP contribution in [0.15, 0.2) is 36.4 Å². The maximum absolute atomic E-state index is 12.1. The number of aromatic nitrogens is 1. The van der Waals surface area contributed by atoms with Gasteiger partial charge in [0.2, 0.25) is 0 Å². The fourth-order valence-corrected chi connectivity index (χ4v) is 1.84. The van der Waals surface area contributed by atoms with E-state index in [0.29, 0.717) is 16.1 Å². The number of hydrogen-bond acceptors (Lipinski definition) is 3. The van der Waals surface area contributed by atoms with Crippen molar-refractivity contribution in [2.75, 3.05) is 5.32 Å². The summed E-state index contributed by atoms with van der Waals surface area (Å²) in [6, 6.07) is 9.38. The molecule has 1 aromatic heterocycles. The lowest BCUT2D eigenvalue weighted by Gasteiger charge is -2.08. The van der Waals surface area contributed by atoms with E-state index in [9.17, 15) is 9.59 Å². The second kappa shape index (κ2) is 5.71. The second-order valence-corrected chi connectivity index (χ2v) is 4.49. The average Bonchev–Trinajstić information content (AvgIpc) is 2.42. The van der Waals surface area contributed by atoms with Gasteiger partial charge in [0.25, 0.3) is 5.91 Å². The van der Waals surface area contributed by atoms with E-state index < -0.39 is 5.97 Å². The molecule has 20 heavy (non-hydrogen) atoms. The Morgan fingerprint density at radius 1 is 1.20 bits per heavy atom. The quantitative estimate of drug-likeness (QED) is 0.911. The van der Waals surface area contributed by atoms with E-state index in [-0.39, 0.29) is 17.4 Å². The Bertz CT molecular complexity index is 686. The zero-order valence-corrected chi connectivity index (χ0v) is 11.3. The normalized spacial score (nSPS) is 10.1. The summed E-state index contributed by atoms with van der Waals surface area (Å²) in [5.41, 5.74) is 0.937. The molecule has 0 bridgehead atoms. The molecular weight excluding hydrogens is 280 g/mol. The number of benzene rings is 1. The van der Waals surface area contributed by atoms with E-state index in [1.165, 1.54) is 18.2 Å². The lowest BCUT2D eigenvalue weighted by molar-refractivity contribution is 0.0690. The van der Waals surface area contributed by atoms with Crippen molar-refractivity contribution in [3.8, 4) is 0 Å². The molecule has 2 aromatic rings. The highest BCUT2D eigenvalue weighted by Crippen LogP contribution is 2.19. The van der Waals surface area contributed by atoms with Crippen LogP contribution in [0.2, 0.25) is 5.02 Å². The second-order valence-electron chi connectivity index (χ2n) is 4.08. The average molecular weight is 291 g/mol. The van der Waals surface area contributed by atoms with Crippen LogP contribution >= 0.6 is 11.6 Å². The zero-order chi connectivity index (χ0) is 14.7. The molecule has 0 aliphatic heterocycles. The van der Waals surface area contributed by atoms with Crippen LogP contribution in [0, 0.1) is 6.92 Å². The van der Waals surface area contributed by atoms with Crippen LogP contribution in [0.3, 0.4) is 0 Å². The van der Waals surface area contributed by atoms with Crippen molar-refractivity contribution in [2.45, 2.75) is 6.92 Å². The number of nitrogens with zero attached hydrogens (tertiary/aromatic N) is 1. The lowest BCUT2D eigenvalue weighted by atomic mass is 10.1. The number of carbonyl (C=O) groups is 2. The van der Waals surface area contributed by atoms with Crippen molar-refractivity contribution >= 4 is 29.3 Å². The van der Waals surface area contributed by atoms with Crippen molar-refractivity contribution in [3.63, 3.8) is 0 Å². The fraction of sp³-hybridized carbons (Fsp3) is 0.0714. The Kier molecular flexibility index (Phi) is 4.00. The standard InChI is InChI=1S/C14H11ClN2O3/c1-8-9(4-2-5-10(8)15)13(18)17-12-7-3-6-11(16-12)14(19)20/h2-7H,1H3,(H,19,20)(H,16,17,18). The first kappa shape index (κ1) is 14.0. The molecule has 0 aliphatic carbocycles. The molecule has 0 radical (unpaired) electrons. The number of hydrogen-bond donors (Lipinski definition) is 2. The summed E-state index contributed by atoms with van der Waals surface area (Å²) in [5, 5.41) is 11.9. The first-order valence-electron chi connectivity index (χ1n) is 5.76. The number of carboxylic acids is 1. The first-order chi connectivity index (χ1) is 9.49. The minimum atomic E-state index is -1.15. The van der Waals surface area contributed by atoms with Gasteiger partial charge in [0.05, 0.1) is 0 Å². The van der Waals surface area contributed by atoms with Crippen molar-refractivity contribution < 1.29 is 14.7 Å². The predicted molar refractivity (Wildman–Crippen MR) is 75.3 cm³/mol. The highest BCUT2D eigenvalue weighted by molar-refractivity contribution is 6.32. The third-order valence-corrected chi connectivity index (χ3v) is 3.13. The van der Waals surface area contributed by atoms with Crippen LogP contribution in [0.4, 0.5) is 5.82 Å². The molecule has 0 spiro atoms. The maximum Gasteiger partial charge on any atom is 0.354 e. The van der Waals surface area contributed by atoms with Crippen LogP contribution in [-0.2, 0) is 0 Å². The van der Waals surface area contributed by atoms with Gasteiger partial charge in [-0.3, -0.25) is 4.79 Å². The van der Waals surface area contributed by atoms with Crippen molar-refractivity contribution in [1.29, 1.82) is 0 Å². The van der Waals surface area contributed by atoms with Gasteiger partial charge < -0.3 is 10.4 Å². The van der Waals surface area contributed by atoms with E-state index in [1.54, 1.807) is 25.1 Å². The maximum atomic E-state index is 12.1. The molecular formula is C14H11ClN2O3. The third-order valence-electron chi connectivity index (χ3n) is 2.72. The van der Waals surface area contributed by atoms with Crippen LogP contribution in [0.1, 0.15) is 26.4 Å². The van der Waals surface area contributed by atoms with Gasteiger partial charge in [0, 0.05) is 10.6 Å². The molecule has 0 saturated heterocycles. The number of halogens is 1. The van der Waals surface area contributed by atoms with Crippen LogP contribution in [-0.4, -0.2) is 22.0 Å². The molecule has 1 heterocycles. The molecule has 0 unspecified atom stereocenters. The summed E-state index contributed by atoms with van der Waals surface area (Å²) in [6.45, 7) is 1.73. The Hall–Kier alpha value is -2.40. The van der Waals surface area contributed by atoms with Gasteiger partial charge in [-0.2, -0.15) is 0 Å². The lowest BCUT2D eigenvalue weighted by Crippen LogP contribution is -2.15. The highest BCUT2D eigenvalue weighted by atomic mass is 35.5. The molecule has 0 aliphatic rings. The number of carboxylic acid groups (broad SMARTS) is 1. The molecule has 102 valence electrons. The number of amides is 1. The van der Waals surface area contributed by atoms with Gasteiger partial charge in [-0.1, -0.05) is 23.7 Å². The van der Waals surface area contributed by atoms with Gasteiger partial charge in [0.1, 0.15) is 5.82 Å². The minimum absolute atomic E-state index is 0.134. The summed E-state index contributed by atoms with van der Waals surface area (Å²) < 4.78 is 0. The molecule has 1 amide bonds. The molecule has 2 N–H and O–H groups in total. The number of anilines is 1. The summed E-state index contributed by atoms with van der Waals surface area (Å²) in [7, 11) is 0. The van der Waals surface area contributed by atoms with Crippen molar-refractivity contribution in [1.82, 2.24) is 4.98 Å². The van der Waals surface area contributed by atoms with Crippen LogP contribution < -0.4 is 5.32 Å². The van der Waals surface area contributed by atoms with E-state index >= 15 is 0 Å². The van der Waals surface area contributed by atoms with Gasteiger partial charge >= 0.3 is 5.97 Å². The van der Waals surface area contributed by atoms with E-state index in [0.717, 1.165) is 0 Å². The first-order valence-corrected chi connectivity index (χ1v) is 6.13. The Balaban J connectivity index is 2.26. The molecule has 5 nitrogen and oxygen atoms in total. The summed E-state index contributed by atoms with van der Waals surface area (Å²) >= 11 is 5.95. The fourth-order valence-electron chi connectivity index (χ4n) is 1.66. The Morgan fingerprint density at radius 2 is 1.90 bits per heavy atom. The van der Waals surface area contributed by atoms with Gasteiger partial charge in [-0.25, -0.2) is 9.78 Å². The van der Waals surface area contributed by atoms with Gasteiger partial charge in [0.15, 0.2) is 5.69 Å². The topological polar surface area (TPSA) is 79.3 Å². The predicted octanol–water partition coefficient (Wildman–Crippen LogP) is 2.99. The van der Waals surface area contributed by atoms with Crippen LogP contribution in [0.25, 0.3) is 0 Å². The SMILES string of the molecule is Cc1c(Cl)cccc1C(=O)Nc1cccc(C(=O)O)n1. The van der Waals surface area contributed by atoms with Crippen LogP contribution in [0.5, 0.6) is 0 Å². The van der Waals surface area contributed by atoms with E-state index in [4.69, 9.17) is 16.7 Å². The highest BCUT2D eigenvalue weighted by Gasteiger charge is 2.12. The van der Waals surface area contributed by atoms with E-state index in [1.807, 2.05) is 0 Å². The molecule has 1 aromatic carbocycles. The molecule has 0 fully saturated rings. The minimum Gasteiger partial charge on any atom is -0.477 e. The number of rotatable bonds is 3. The van der Waals surface area contributed by atoms with E-state index in [2.05, 4.69) is 10.3 Å². The van der Waals surface area contributed by atoms with Gasteiger partial charge in [-0.15, -0.1) is 0 Å². The van der Waals surface area contributed by atoms with Crippen molar-refractivity contribution in [3.05, 3.63) is 58.2 Å². The molecule has 2 rings (SSSR count). The zero-order valence-electron chi connectivity index (χ0n) is 10.6. The molecule has 0 saturated carbocycles. The van der Waals surface area contributed by atoms with Crippen molar-refractivity contribution in [2.24, 2.45) is 0 Å². The third kappa shape index (κ3) is 2.95. The Morgan fingerprint density at radius 3 is 2.60 bits per heavy atom. The number of aromatic carboxylic acids is 1. The van der Waals surface area contributed by atoms with Gasteiger partial charge in [-0.05, 0) is 36.8 Å². The summed E-state index contributed by atoms with van der Waals surface area (Å²) in [4.78, 5) is 26.8. The number of carbonyl (C=O) groups excluding carboxylic acids is 1. The monoisotopic (exact) mass is 290 g/mol. The smallest absolute Gasteiger partial charge is 0.354 e. The molecule has 6 heteroatoms. The number of nitrogens with one attached hydrogen (secondary N) is 1.